The molecule has 0 unspecified atom stereocenters. The van der Waals surface area contributed by atoms with Gasteiger partial charge in [0.2, 0.25) is 10.0 Å². The molecule has 0 radical (unpaired) electrons. The first-order valence-electron chi connectivity index (χ1n) is 5.98. The van der Waals surface area contributed by atoms with Gasteiger partial charge < -0.3 is 4.90 Å². The molecule has 1 aliphatic heterocycles. The van der Waals surface area contributed by atoms with Crippen molar-refractivity contribution in [2.45, 2.75) is 12.8 Å². The minimum Gasteiger partial charge on any atom is -0.369 e. The molecule has 1 aliphatic rings. The first-order chi connectivity index (χ1) is 9.28. The van der Waals surface area contributed by atoms with Crippen LogP contribution in [0.1, 0.15) is 12.8 Å². The minimum atomic E-state index is -3.68. The molecular weight excluding hydrogens is 289 g/mol. The van der Waals surface area contributed by atoms with Gasteiger partial charge in [-0.25, -0.2) is 12.8 Å². The fraction of sp³-hybridized carbons (Fsp3) is 0.455. The maximum absolute atomic E-state index is 14.0. The van der Waals surface area contributed by atoms with E-state index in [1.54, 1.807) is 4.90 Å². The quantitative estimate of drug-likeness (QED) is 0.675. The Kier molecular flexibility index (Phi) is 3.80. The number of nitro groups is 1. The van der Waals surface area contributed by atoms with Gasteiger partial charge in [0, 0.05) is 13.1 Å². The summed E-state index contributed by atoms with van der Waals surface area (Å²) in [6.07, 6.45) is 2.70. The third-order valence-corrected chi connectivity index (χ3v) is 3.59. The van der Waals surface area contributed by atoms with E-state index in [4.69, 9.17) is 0 Å². The predicted octanol–water partition coefficient (Wildman–Crippen LogP) is 1.71. The molecule has 0 aromatic heterocycles. The van der Waals surface area contributed by atoms with Crippen molar-refractivity contribution < 1.29 is 17.7 Å². The minimum absolute atomic E-state index is 0.180. The highest BCUT2D eigenvalue weighted by Gasteiger charge is 2.24. The summed E-state index contributed by atoms with van der Waals surface area (Å²) >= 11 is 0. The summed E-state index contributed by atoms with van der Waals surface area (Å²) in [7, 11) is -3.68. The second-order valence-electron chi connectivity index (χ2n) is 4.65. The molecule has 20 heavy (non-hydrogen) atoms. The van der Waals surface area contributed by atoms with Gasteiger partial charge in [0.15, 0.2) is 5.82 Å². The fourth-order valence-corrected chi connectivity index (χ4v) is 2.75. The van der Waals surface area contributed by atoms with Crippen molar-refractivity contribution in [3.05, 3.63) is 28.1 Å². The van der Waals surface area contributed by atoms with Crippen LogP contribution in [0.5, 0.6) is 0 Å². The van der Waals surface area contributed by atoms with Crippen LogP contribution >= 0.6 is 0 Å². The number of nitrogens with one attached hydrogen (secondary N) is 1. The van der Waals surface area contributed by atoms with E-state index >= 15 is 0 Å². The summed E-state index contributed by atoms with van der Waals surface area (Å²) < 4.78 is 38.5. The Hall–Kier alpha value is -1.90. The molecule has 2 rings (SSSR count). The topological polar surface area (TPSA) is 92.6 Å². The van der Waals surface area contributed by atoms with Gasteiger partial charge in [-0.2, -0.15) is 0 Å². The van der Waals surface area contributed by atoms with Gasteiger partial charge in [0.1, 0.15) is 5.69 Å². The molecule has 0 saturated carbocycles. The average Bonchev–Trinajstić information content (AvgIpc) is 2.82. The van der Waals surface area contributed by atoms with Crippen molar-refractivity contribution in [3.63, 3.8) is 0 Å². The zero-order valence-electron chi connectivity index (χ0n) is 10.8. The van der Waals surface area contributed by atoms with Gasteiger partial charge in [-0.3, -0.25) is 14.8 Å². The maximum atomic E-state index is 14.0. The average molecular weight is 303 g/mol. The number of rotatable bonds is 4. The summed E-state index contributed by atoms with van der Waals surface area (Å²) in [5.74, 6) is -0.724. The highest BCUT2D eigenvalue weighted by molar-refractivity contribution is 7.92. The van der Waals surface area contributed by atoms with Crippen LogP contribution < -0.4 is 9.62 Å². The van der Waals surface area contributed by atoms with Crippen LogP contribution in [0.25, 0.3) is 0 Å². The molecule has 1 heterocycles. The highest BCUT2D eigenvalue weighted by atomic mass is 32.2. The van der Waals surface area contributed by atoms with Crippen molar-refractivity contribution >= 4 is 27.1 Å². The summed E-state index contributed by atoms with van der Waals surface area (Å²) in [6, 6.07) is 1.93. The van der Waals surface area contributed by atoms with Gasteiger partial charge in [0.25, 0.3) is 5.69 Å². The lowest BCUT2D eigenvalue weighted by molar-refractivity contribution is -0.384. The van der Waals surface area contributed by atoms with E-state index in [1.807, 2.05) is 0 Å². The predicted molar refractivity (Wildman–Crippen MR) is 73.0 cm³/mol. The highest BCUT2D eigenvalue weighted by Crippen LogP contribution is 2.34. The van der Waals surface area contributed by atoms with Crippen molar-refractivity contribution in [2.24, 2.45) is 0 Å². The molecule has 1 fully saturated rings. The van der Waals surface area contributed by atoms with E-state index in [-0.39, 0.29) is 11.4 Å². The van der Waals surface area contributed by atoms with Crippen LogP contribution in [0.15, 0.2) is 12.1 Å². The first kappa shape index (κ1) is 14.5. The summed E-state index contributed by atoms with van der Waals surface area (Å²) in [5, 5.41) is 10.9. The molecule has 1 aromatic rings. The number of benzene rings is 1. The van der Waals surface area contributed by atoms with E-state index in [1.165, 1.54) is 6.07 Å². The Morgan fingerprint density at radius 1 is 1.35 bits per heavy atom. The summed E-state index contributed by atoms with van der Waals surface area (Å²) in [6.45, 7) is 1.29. The van der Waals surface area contributed by atoms with Crippen LogP contribution in [0, 0.1) is 15.9 Å². The lowest BCUT2D eigenvalue weighted by Gasteiger charge is -2.19. The zero-order chi connectivity index (χ0) is 14.9. The monoisotopic (exact) mass is 303 g/mol. The summed E-state index contributed by atoms with van der Waals surface area (Å²) in [4.78, 5) is 11.8. The van der Waals surface area contributed by atoms with Crippen LogP contribution in [-0.4, -0.2) is 32.7 Å². The number of nitro benzene ring substituents is 1. The number of halogens is 1. The van der Waals surface area contributed by atoms with Crippen molar-refractivity contribution in [2.75, 3.05) is 29.0 Å². The third-order valence-electron chi connectivity index (χ3n) is 3.00. The molecule has 110 valence electrons. The number of anilines is 2. The Morgan fingerprint density at radius 3 is 2.45 bits per heavy atom. The largest absolute Gasteiger partial charge is 0.369 e. The molecule has 1 saturated heterocycles. The van der Waals surface area contributed by atoms with Crippen LogP contribution in [0.2, 0.25) is 0 Å². The van der Waals surface area contributed by atoms with Crippen molar-refractivity contribution in [1.82, 2.24) is 0 Å². The van der Waals surface area contributed by atoms with E-state index in [2.05, 4.69) is 4.72 Å². The molecule has 1 aromatic carbocycles. The molecule has 7 nitrogen and oxygen atoms in total. The fourth-order valence-electron chi connectivity index (χ4n) is 2.18. The molecule has 0 bridgehead atoms. The molecule has 1 N–H and O–H groups in total. The Bertz CT molecular complexity index is 641. The normalized spacial score (nSPS) is 15.4. The van der Waals surface area contributed by atoms with E-state index in [9.17, 15) is 22.9 Å². The van der Waals surface area contributed by atoms with Gasteiger partial charge >= 0.3 is 0 Å². The lowest BCUT2D eigenvalue weighted by Crippen LogP contribution is -2.20. The second kappa shape index (κ2) is 5.23. The second-order valence-corrected chi connectivity index (χ2v) is 6.39. The Balaban J connectivity index is 2.50. The smallest absolute Gasteiger partial charge is 0.296 e. The van der Waals surface area contributed by atoms with E-state index < -0.39 is 26.5 Å². The standard InChI is InChI=1S/C11H14FN3O4S/c1-20(18,19)13-9-7-10(14-4-2-3-5-14)8(12)6-11(9)15(16)17/h6-7,13H,2-5H2,1H3. The summed E-state index contributed by atoms with van der Waals surface area (Å²) in [5.41, 5.74) is -0.643. The zero-order valence-corrected chi connectivity index (χ0v) is 11.6. The third kappa shape index (κ3) is 3.16. The van der Waals surface area contributed by atoms with Crippen molar-refractivity contribution in [3.8, 4) is 0 Å². The number of sulfonamides is 1. The van der Waals surface area contributed by atoms with Gasteiger partial charge in [-0.05, 0) is 18.9 Å². The number of hydrogen-bond donors (Lipinski definition) is 1. The van der Waals surface area contributed by atoms with Crippen molar-refractivity contribution in [1.29, 1.82) is 0 Å². The van der Waals surface area contributed by atoms with Crippen LogP contribution in [-0.2, 0) is 10.0 Å². The molecule has 9 heteroatoms. The molecule has 0 spiro atoms. The first-order valence-corrected chi connectivity index (χ1v) is 7.88. The van der Waals surface area contributed by atoms with E-state index in [0.29, 0.717) is 13.1 Å². The van der Waals surface area contributed by atoms with Crippen LogP contribution in [0.3, 0.4) is 0 Å². The van der Waals surface area contributed by atoms with Crippen LogP contribution in [0.4, 0.5) is 21.5 Å². The van der Waals surface area contributed by atoms with Gasteiger partial charge in [-0.15, -0.1) is 0 Å². The number of nitrogens with zero attached hydrogens (tertiary/aromatic N) is 2. The number of hydrogen-bond acceptors (Lipinski definition) is 5. The molecule has 0 amide bonds. The maximum Gasteiger partial charge on any atom is 0.296 e. The Labute approximate surface area is 115 Å². The molecule has 0 atom stereocenters. The van der Waals surface area contributed by atoms with Gasteiger partial charge in [-0.1, -0.05) is 0 Å². The Morgan fingerprint density at radius 2 is 1.95 bits per heavy atom. The van der Waals surface area contributed by atoms with E-state index in [0.717, 1.165) is 25.2 Å². The van der Waals surface area contributed by atoms with Gasteiger partial charge in [0.05, 0.1) is 22.9 Å². The SMILES string of the molecule is CS(=O)(=O)Nc1cc(N2CCCC2)c(F)cc1[N+](=O)[O-]. The molecular formula is C11H14FN3O4S. The lowest BCUT2D eigenvalue weighted by atomic mass is 10.2. The molecule has 0 aliphatic carbocycles.